The Morgan fingerprint density at radius 1 is 1.29 bits per heavy atom. The molecule has 0 spiro atoms. The highest BCUT2D eigenvalue weighted by molar-refractivity contribution is 5.22. The van der Waals surface area contributed by atoms with Crippen molar-refractivity contribution in [2.75, 3.05) is 6.54 Å². The summed E-state index contributed by atoms with van der Waals surface area (Å²) in [5.41, 5.74) is 1.20. The first kappa shape index (κ1) is 16.5. The number of rotatable bonds is 6. The first-order valence-corrected chi connectivity index (χ1v) is 8.59. The molecule has 0 saturated heterocycles. The third-order valence-corrected chi connectivity index (χ3v) is 4.86. The van der Waals surface area contributed by atoms with E-state index in [4.69, 9.17) is 0 Å². The molecule has 2 rings (SSSR count). The van der Waals surface area contributed by atoms with E-state index in [1.165, 1.54) is 37.7 Å². The third-order valence-electron chi connectivity index (χ3n) is 4.86. The molecule has 21 heavy (non-hydrogen) atoms. The number of nitrogens with one attached hydrogen (secondary N) is 1. The zero-order valence-corrected chi connectivity index (χ0v) is 13.7. The van der Waals surface area contributed by atoms with Gasteiger partial charge in [0.25, 0.3) is 0 Å². The molecule has 118 valence electrons. The summed E-state index contributed by atoms with van der Waals surface area (Å²) < 4.78 is 13.6. The maximum atomic E-state index is 13.6. The van der Waals surface area contributed by atoms with Gasteiger partial charge in [-0.25, -0.2) is 4.39 Å². The molecule has 1 N–H and O–H groups in total. The van der Waals surface area contributed by atoms with Gasteiger partial charge in [0.05, 0.1) is 0 Å². The van der Waals surface area contributed by atoms with Gasteiger partial charge in [-0.1, -0.05) is 52.2 Å². The lowest BCUT2D eigenvalue weighted by atomic mass is 9.70. The Balaban J connectivity index is 2.11. The van der Waals surface area contributed by atoms with Crippen molar-refractivity contribution in [3.8, 4) is 0 Å². The molecule has 0 bridgehead atoms. The number of hydrogen-bond acceptors (Lipinski definition) is 1. The predicted octanol–water partition coefficient (Wildman–Crippen LogP) is 5.12. The van der Waals surface area contributed by atoms with E-state index >= 15 is 0 Å². The topological polar surface area (TPSA) is 12.0 Å². The smallest absolute Gasteiger partial charge is 0.123 e. The third kappa shape index (κ3) is 4.81. The highest BCUT2D eigenvalue weighted by atomic mass is 19.1. The van der Waals surface area contributed by atoms with Crippen LogP contribution in [-0.4, -0.2) is 12.6 Å². The molecule has 1 aromatic carbocycles. The van der Waals surface area contributed by atoms with Crippen molar-refractivity contribution in [1.82, 2.24) is 5.32 Å². The second-order valence-electron chi connectivity index (χ2n) is 6.95. The quantitative estimate of drug-likeness (QED) is 0.766. The molecule has 1 aliphatic carbocycles. The zero-order valence-electron chi connectivity index (χ0n) is 13.7. The van der Waals surface area contributed by atoms with Gasteiger partial charge in [-0.2, -0.15) is 0 Å². The minimum absolute atomic E-state index is 0.0966. The fourth-order valence-electron chi connectivity index (χ4n) is 3.77. The Kier molecular flexibility index (Phi) is 6.22. The minimum atomic E-state index is -0.0966. The summed E-state index contributed by atoms with van der Waals surface area (Å²) in [6.07, 6.45) is 6.41. The highest BCUT2D eigenvalue weighted by Gasteiger charge is 2.31. The van der Waals surface area contributed by atoms with Gasteiger partial charge in [0.2, 0.25) is 0 Å². The lowest BCUT2D eigenvalue weighted by molar-refractivity contribution is 0.217. The normalized spacial score (nSPS) is 26.2. The monoisotopic (exact) mass is 291 g/mol. The van der Waals surface area contributed by atoms with Crippen LogP contribution in [0.4, 0.5) is 4.39 Å². The van der Waals surface area contributed by atoms with Crippen LogP contribution >= 0.6 is 0 Å². The molecule has 1 aliphatic rings. The van der Waals surface area contributed by atoms with E-state index in [0.717, 1.165) is 12.5 Å². The van der Waals surface area contributed by atoms with Crippen LogP contribution < -0.4 is 5.32 Å². The van der Waals surface area contributed by atoms with Gasteiger partial charge in [0.15, 0.2) is 0 Å². The number of hydrogen-bond donors (Lipinski definition) is 1. The van der Waals surface area contributed by atoms with Crippen LogP contribution in [0.25, 0.3) is 0 Å². The summed E-state index contributed by atoms with van der Waals surface area (Å²) in [4.78, 5) is 0. The molecular formula is C19H30FN. The van der Waals surface area contributed by atoms with Crippen molar-refractivity contribution in [3.63, 3.8) is 0 Å². The molecule has 1 nitrogen and oxygen atoms in total. The molecule has 0 aliphatic heterocycles. The van der Waals surface area contributed by atoms with E-state index in [-0.39, 0.29) is 5.82 Å². The maximum Gasteiger partial charge on any atom is 0.123 e. The van der Waals surface area contributed by atoms with Gasteiger partial charge >= 0.3 is 0 Å². The van der Waals surface area contributed by atoms with Crippen molar-refractivity contribution in [2.24, 2.45) is 11.8 Å². The molecule has 0 radical (unpaired) electrons. The molecule has 0 aromatic heterocycles. The van der Waals surface area contributed by atoms with E-state index < -0.39 is 0 Å². The van der Waals surface area contributed by atoms with Crippen molar-refractivity contribution >= 4 is 0 Å². The summed E-state index contributed by atoms with van der Waals surface area (Å²) in [7, 11) is 0. The Morgan fingerprint density at radius 2 is 2.10 bits per heavy atom. The summed E-state index contributed by atoms with van der Waals surface area (Å²) in [5.74, 6) is 1.87. The van der Waals surface area contributed by atoms with E-state index in [0.29, 0.717) is 17.9 Å². The fraction of sp³-hybridized carbons (Fsp3) is 0.684. The second kappa shape index (κ2) is 7.93. The lowest BCUT2D eigenvalue weighted by Crippen LogP contribution is -2.35. The summed E-state index contributed by atoms with van der Waals surface area (Å²) >= 11 is 0. The van der Waals surface area contributed by atoms with E-state index in [1.54, 1.807) is 12.1 Å². The molecule has 3 atom stereocenters. The molecule has 3 unspecified atom stereocenters. The van der Waals surface area contributed by atoms with Gasteiger partial charge in [-0.15, -0.1) is 0 Å². The summed E-state index contributed by atoms with van der Waals surface area (Å²) in [5, 5.41) is 3.58. The van der Waals surface area contributed by atoms with Crippen LogP contribution in [0.5, 0.6) is 0 Å². The molecule has 0 amide bonds. The van der Waals surface area contributed by atoms with E-state index in [9.17, 15) is 4.39 Å². The van der Waals surface area contributed by atoms with Crippen LogP contribution in [0.2, 0.25) is 0 Å². The molecule has 2 heteroatoms. The Hall–Kier alpha value is -0.890. The summed E-state index contributed by atoms with van der Waals surface area (Å²) in [6.45, 7) is 7.71. The SMILES string of the molecule is CCCC1CCC(CNC(C)C)C(c2cccc(F)c2)C1. The Bertz CT molecular complexity index is 429. The van der Waals surface area contributed by atoms with E-state index in [1.807, 2.05) is 6.07 Å². The molecular weight excluding hydrogens is 261 g/mol. The van der Waals surface area contributed by atoms with Crippen LogP contribution in [-0.2, 0) is 0 Å². The Labute approximate surface area is 129 Å². The average molecular weight is 291 g/mol. The summed E-state index contributed by atoms with van der Waals surface area (Å²) in [6, 6.07) is 7.80. The molecule has 1 aromatic rings. The fourth-order valence-corrected chi connectivity index (χ4v) is 3.77. The van der Waals surface area contributed by atoms with Crippen molar-refractivity contribution in [1.29, 1.82) is 0 Å². The standard InChI is InChI=1S/C19H30FN/c1-4-6-15-9-10-17(13-21-14(2)3)19(11-15)16-7-5-8-18(20)12-16/h5,7-8,12,14-15,17,19,21H,4,6,9-11,13H2,1-3H3. The zero-order chi connectivity index (χ0) is 15.2. The maximum absolute atomic E-state index is 13.6. The molecule has 1 fully saturated rings. The highest BCUT2D eigenvalue weighted by Crippen LogP contribution is 2.42. The van der Waals surface area contributed by atoms with Gasteiger partial charge in [-0.05, 0) is 54.8 Å². The molecule has 1 saturated carbocycles. The van der Waals surface area contributed by atoms with Crippen LogP contribution in [0, 0.1) is 17.7 Å². The van der Waals surface area contributed by atoms with Gasteiger partial charge in [0, 0.05) is 6.04 Å². The van der Waals surface area contributed by atoms with E-state index in [2.05, 4.69) is 32.2 Å². The lowest BCUT2D eigenvalue weighted by Gasteiger charge is -2.37. The first-order valence-electron chi connectivity index (χ1n) is 8.59. The van der Waals surface area contributed by atoms with Crippen LogP contribution in [0.3, 0.4) is 0 Å². The second-order valence-corrected chi connectivity index (χ2v) is 6.95. The molecule has 0 heterocycles. The number of halogens is 1. The van der Waals surface area contributed by atoms with Gasteiger partial charge in [-0.3, -0.25) is 0 Å². The minimum Gasteiger partial charge on any atom is -0.314 e. The van der Waals surface area contributed by atoms with Crippen molar-refractivity contribution < 1.29 is 4.39 Å². The van der Waals surface area contributed by atoms with Crippen molar-refractivity contribution in [2.45, 2.75) is 64.8 Å². The van der Waals surface area contributed by atoms with Crippen LogP contribution in [0.1, 0.15) is 64.4 Å². The average Bonchev–Trinajstić information content (AvgIpc) is 2.46. The van der Waals surface area contributed by atoms with Gasteiger partial charge in [0.1, 0.15) is 5.82 Å². The largest absolute Gasteiger partial charge is 0.314 e. The first-order chi connectivity index (χ1) is 10.1. The number of benzene rings is 1. The van der Waals surface area contributed by atoms with Crippen LogP contribution in [0.15, 0.2) is 24.3 Å². The van der Waals surface area contributed by atoms with Crippen molar-refractivity contribution in [3.05, 3.63) is 35.6 Å². The Morgan fingerprint density at radius 3 is 2.76 bits per heavy atom. The predicted molar refractivity (Wildman–Crippen MR) is 88.0 cm³/mol. The van der Waals surface area contributed by atoms with Gasteiger partial charge < -0.3 is 5.32 Å².